The second kappa shape index (κ2) is 7.31. The highest BCUT2D eigenvalue weighted by molar-refractivity contribution is 7.88. The molecule has 1 aromatic rings. The third kappa shape index (κ3) is 5.51. The van der Waals surface area contributed by atoms with Gasteiger partial charge in [-0.3, -0.25) is 4.79 Å². The van der Waals surface area contributed by atoms with Gasteiger partial charge in [-0.15, -0.1) is 0 Å². The number of sulfonamides is 1. The number of carbonyl (C=O) groups is 1. The molecule has 0 spiro atoms. The van der Waals surface area contributed by atoms with Crippen LogP contribution in [0.4, 0.5) is 0 Å². The van der Waals surface area contributed by atoms with E-state index in [-0.39, 0.29) is 11.9 Å². The van der Waals surface area contributed by atoms with Crippen LogP contribution in [0.2, 0.25) is 0 Å². The Morgan fingerprint density at radius 1 is 1.35 bits per heavy atom. The second-order valence-electron chi connectivity index (χ2n) is 6.09. The summed E-state index contributed by atoms with van der Waals surface area (Å²) >= 11 is 0. The fourth-order valence-corrected chi connectivity index (χ4v) is 3.50. The van der Waals surface area contributed by atoms with Crippen molar-refractivity contribution in [3.63, 3.8) is 0 Å². The SMILES string of the molecule is Cc1ccc(O[C@H](C)C(=O)N2CCC[C@H](NS(C)(=O)=O)C2)cc1. The summed E-state index contributed by atoms with van der Waals surface area (Å²) in [6.07, 6.45) is 2.05. The molecule has 0 aliphatic carbocycles. The van der Waals surface area contributed by atoms with E-state index in [9.17, 15) is 13.2 Å². The normalized spacial score (nSPS) is 20.1. The van der Waals surface area contributed by atoms with Crippen LogP contribution in [0.15, 0.2) is 24.3 Å². The predicted octanol–water partition coefficient (Wildman–Crippen LogP) is 1.30. The maximum atomic E-state index is 12.5. The van der Waals surface area contributed by atoms with Crippen LogP contribution < -0.4 is 9.46 Å². The van der Waals surface area contributed by atoms with Gasteiger partial charge in [0.25, 0.3) is 5.91 Å². The molecule has 0 saturated carbocycles. The Balaban J connectivity index is 1.94. The number of piperidine rings is 1. The molecule has 1 aromatic carbocycles. The van der Waals surface area contributed by atoms with Crippen LogP contribution in [0.1, 0.15) is 25.3 Å². The number of hydrogen-bond donors (Lipinski definition) is 1. The molecule has 1 aliphatic heterocycles. The molecule has 1 aliphatic rings. The van der Waals surface area contributed by atoms with E-state index in [0.717, 1.165) is 24.7 Å². The van der Waals surface area contributed by atoms with Crippen LogP contribution in [0.5, 0.6) is 5.75 Å². The van der Waals surface area contributed by atoms with Crippen molar-refractivity contribution < 1.29 is 17.9 Å². The first kappa shape index (κ1) is 17.7. The van der Waals surface area contributed by atoms with Gasteiger partial charge in [0.05, 0.1) is 6.26 Å². The van der Waals surface area contributed by atoms with Gasteiger partial charge < -0.3 is 9.64 Å². The summed E-state index contributed by atoms with van der Waals surface area (Å²) < 4.78 is 30.9. The number of nitrogens with zero attached hydrogens (tertiary/aromatic N) is 1. The quantitative estimate of drug-likeness (QED) is 0.877. The summed E-state index contributed by atoms with van der Waals surface area (Å²) in [5.41, 5.74) is 1.13. The van der Waals surface area contributed by atoms with Crippen molar-refractivity contribution in [2.75, 3.05) is 19.3 Å². The van der Waals surface area contributed by atoms with Gasteiger partial charge in [-0.2, -0.15) is 0 Å². The monoisotopic (exact) mass is 340 g/mol. The minimum absolute atomic E-state index is 0.120. The van der Waals surface area contributed by atoms with Crippen molar-refractivity contribution in [2.45, 2.75) is 38.8 Å². The highest BCUT2D eigenvalue weighted by Crippen LogP contribution is 2.16. The second-order valence-corrected chi connectivity index (χ2v) is 7.87. The molecule has 0 radical (unpaired) electrons. The summed E-state index contributed by atoms with van der Waals surface area (Å²) in [7, 11) is -3.26. The molecule has 1 amide bonds. The van der Waals surface area contributed by atoms with Crippen molar-refractivity contribution in [3.05, 3.63) is 29.8 Å². The zero-order valence-corrected chi connectivity index (χ0v) is 14.6. The van der Waals surface area contributed by atoms with Crippen LogP contribution in [0.25, 0.3) is 0 Å². The van der Waals surface area contributed by atoms with Gasteiger partial charge in [0.1, 0.15) is 5.75 Å². The number of aryl methyl sites for hydroxylation is 1. The number of amides is 1. The molecule has 7 heteroatoms. The molecule has 1 heterocycles. The lowest BCUT2D eigenvalue weighted by molar-refractivity contribution is -0.139. The van der Waals surface area contributed by atoms with Crippen LogP contribution in [0.3, 0.4) is 0 Å². The number of nitrogens with one attached hydrogen (secondary N) is 1. The van der Waals surface area contributed by atoms with E-state index in [1.165, 1.54) is 0 Å². The Labute approximate surface area is 137 Å². The Morgan fingerprint density at radius 3 is 2.61 bits per heavy atom. The topological polar surface area (TPSA) is 75.7 Å². The number of rotatable bonds is 5. The minimum atomic E-state index is -3.26. The maximum absolute atomic E-state index is 12.5. The lowest BCUT2D eigenvalue weighted by Gasteiger charge is -2.34. The van der Waals surface area contributed by atoms with Gasteiger partial charge in [-0.1, -0.05) is 17.7 Å². The van der Waals surface area contributed by atoms with Crippen molar-refractivity contribution in [1.82, 2.24) is 9.62 Å². The van der Waals surface area contributed by atoms with E-state index in [4.69, 9.17) is 4.74 Å². The average molecular weight is 340 g/mol. The summed E-state index contributed by atoms with van der Waals surface area (Å²) in [6.45, 7) is 4.71. The van der Waals surface area contributed by atoms with Crippen LogP contribution in [-0.4, -0.2) is 50.7 Å². The van der Waals surface area contributed by atoms with Gasteiger partial charge >= 0.3 is 0 Å². The third-order valence-electron chi connectivity index (χ3n) is 3.80. The van der Waals surface area contributed by atoms with Crippen molar-refractivity contribution >= 4 is 15.9 Å². The standard InChI is InChI=1S/C16H24N2O4S/c1-12-6-8-15(9-7-12)22-13(2)16(19)18-10-4-5-14(11-18)17-23(3,20)21/h6-9,13-14,17H,4-5,10-11H2,1-3H3/t13-,14+/m1/s1. The smallest absolute Gasteiger partial charge is 0.263 e. The molecular weight excluding hydrogens is 316 g/mol. The van der Waals surface area contributed by atoms with Crippen molar-refractivity contribution in [1.29, 1.82) is 0 Å². The largest absolute Gasteiger partial charge is 0.481 e. The fraction of sp³-hybridized carbons (Fsp3) is 0.562. The predicted molar refractivity (Wildman–Crippen MR) is 88.9 cm³/mol. The number of likely N-dealkylation sites (tertiary alicyclic amines) is 1. The number of benzene rings is 1. The molecule has 6 nitrogen and oxygen atoms in total. The molecular formula is C16H24N2O4S. The molecule has 2 rings (SSSR count). The zero-order valence-electron chi connectivity index (χ0n) is 13.8. The number of hydrogen-bond acceptors (Lipinski definition) is 4. The first-order chi connectivity index (χ1) is 10.7. The van der Waals surface area contributed by atoms with E-state index in [1.807, 2.05) is 31.2 Å². The molecule has 128 valence electrons. The molecule has 2 atom stereocenters. The number of ether oxygens (including phenoxy) is 1. The Kier molecular flexibility index (Phi) is 5.64. The van der Waals surface area contributed by atoms with E-state index in [0.29, 0.717) is 18.8 Å². The van der Waals surface area contributed by atoms with Gasteiger partial charge in [0.2, 0.25) is 10.0 Å². The highest BCUT2D eigenvalue weighted by atomic mass is 32.2. The number of carbonyl (C=O) groups excluding carboxylic acids is 1. The Hall–Kier alpha value is -1.60. The van der Waals surface area contributed by atoms with Crippen molar-refractivity contribution in [2.24, 2.45) is 0 Å². The Bertz CT molecular complexity index is 643. The fourth-order valence-electron chi connectivity index (χ4n) is 2.70. The average Bonchev–Trinajstić information content (AvgIpc) is 2.47. The molecule has 23 heavy (non-hydrogen) atoms. The first-order valence-corrected chi connectivity index (χ1v) is 9.63. The molecule has 1 fully saturated rings. The summed E-state index contributed by atoms with van der Waals surface area (Å²) in [5.74, 6) is 0.532. The van der Waals surface area contributed by atoms with Crippen molar-refractivity contribution in [3.8, 4) is 5.75 Å². The molecule has 0 unspecified atom stereocenters. The van der Waals surface area contributed by atoms with Crippen LogP contribution in [0, 0.1) is 6.92 Å². The van der Waals surface area contributed by atoms with Crippen LogP contribution >= 0.6 is 0 Å². The first-order valence-electron chi connectivity index (χ1n) is 7.74. The summed E-state index contributed by atoms with van der Waals surface area (Å²) in [4.78, 5) is 14.2. The third-order valence-corrected chi connectivity index (χ3v) is 4.56. The van der Waals surface area contributed by atoms with E-state index < -0.39 is 16.1 Å². The molecule has 0 bridgehead atoms. The van der Waals surface area contributed by atoms with Gasteiger partial charge in [0, 0.05) is 19.1 Å². The lowest BCUT2D eigenvalue weighted by Crippen LogP contribution is -2.52. The van der Waals surface area contributed by atoms with Gasteiger partial charge in [-0.25, -0.2) is 13.1 Å². The lowest BCUT2D eigenvalue weighted by atomic mass is 10.1. The summed E-state index contributed by atoms with van der Waals surface area (Å²) in [6, 6.07) is 7.31. The minimum Gasteiger partial charge on any atom is -0.481 e. The molecule has 1 N–H and O–H groups in total. The summed E-state index contributed by atoms with van der Waals surface area (Å²) in [5, 5.41) is 0. The highest BCUT2D eigenvalue weighted by Gasteiger charge is 2.28. The van der Waals surface area contributed by atoms with Gasteiger partial charge in [0.15, 0.2) is 6.10 Å². The molecule has 0 aromatic heterocycles. The maximum Gasteiger partial charge on any atom is 0.263 e. The van der Waals surface area contributed by atoms with Gasteiger partial charge in [-0.05, 0) is 38.8 Å². The van der Waals surface area contributed by atoms with E-state index in [1.54, 1.807) is 11.8 Å². The molecule has 1 saturated heterocycles. The van der Waals surface area contributed by atoms with Crippen LogP contribution in [-0.2, 0) is 14.8 Å². The Morgan fingerprint density at radius 2 is 2.00 bits per heavy atom. The van der Waals surface area contributed by atoms with E-state index >= 15 is 0 Å². The zero-order chi connectivity index (χ0) is 17.0. The van der Waals surface area contributed by atoms with E-state index in [2.05, 4.69) is 4.72 Å².